The highest BCUT2D eigenvalue weighted by Gasteiger charge is 2.22. The quantitative estimate of drug-likeness (QED) is 0.676. The number of halogens is 2. The summed E-state index contributed by atoms with van der Waals surface area (Å²) >= 11 is 0. The van der Waals surface area contributed by atoms with Gasteiger partial charge in [-0.1, -0.05) is 0 Å². The van der Waals surface area contributed by atoms with Crippen molar-refractivity contribution in [2.24, 2.45) is 0 Å². The maximum atomic E-state index is 14.3. The number of aromatic nitrogens is 1. The van der Waals surface area contributed by atoms with Crippen molar-refractivity contribution >= 4 is 28.2 Å². The van der Waals surface area contributed by atoms with Crippen molar-refractivity contribution in [1.82, 2.24) is 9.88 Å². The van der Waals surface area contributed by atoms with Gasteiger partial charge >= 0.3 is 0 Å². The van der Waals surface area contributed by atoms with Crippen molar-refractivity contribution in [1.29, 1.82) is 0 Å². The van der Waals surface area contributed by atoms with Crippen LogP contribution in [0.5, 0.6) is 5.75 Å². The van der Waals surface area contributed by atoms with Gasteiger partial charge in [-0.15, -0.1) is 0 Å². The number of pyridine rings is 1. The molecular formula is C24H24F2N4O2. The number of nitrogens with one attached hydrogen (secondary N) is 1. The van der Waals surface area contributed by atoms with Crippen molar-refractivity contribution in [3.05, 3.63) is 59.3 Å². The molecule has 6 nitrogen and oxygen atoms in total. The number of carbonyl (C=O) groups excluding carboxylic acids is 1. The highest BCUT2D eigenvalue weighted by molar-refractivity contribution is 5.95. The van der Waals surface area contributed by atoms with E-state index in [1.54, 1.807) is 12.1 Å². The summed E-state index contributed by atoms with van der Waals surface area (Å²) in [7, 11) is 0. The zero-order valence-corrected chi connectivity index (χ0v) is 17.8. The van der Waals surface area contributed by atoms with Crippen LogP contribution in [0.3, 0.4) is 0 Å². The average Bonchev–Trinajstić information content (AvgIpc) is 2.77. The number of hydrogen-bond donors (Lipinski definition) is 1. The number of fused-ring (bicyclic) bond motifs is 2. The van der Waals surface area contributed by atoms with E-state index in [0.29, 0.717) is 17.6 Å². The second-order valence-electron chi connectivity index (χ2n) is 8.31. The minimum absolute atomic E-state index is 0.106. The number of nitrogens with zero attached hydrogens (tertiary/aromatic N) is 3. The SMILES string of the molecule is Cc1ccc2c(N3CCN(CCc4cc(F)c5c(c4)NC(=O)CO5)CC3)cc(F)cc2n1. The fourth-order valence-electron chi connectivity index (χ4n) is 4.40. The second-order valence-corrected chi connectivity index (χ2v) is 8.31. The average molecular weight is 438 g/mol. The summed E-state index contributed by atoms with van der Waals surface area (Å²) in [5.41, 5.74) is 3.62. The number of ether oxygens (including phenoxy) is 1. The maximum absolute atomic E-state index is 14.3. The highest BCUT2D eigenvalue weighted by Crippen LogP contribution is 2.32. The molecule has 2 aliphatic rings. The van der Waals surface area contributed by atoms with E-state index in [9.17, 15) is 13.6 Å². The molecule has 0 radical (unpaired) electrons. The van der Waals surface area contributed by atoms with Crippen molar-refractivity contribution in [3.8, 4) is 5.75 Å². The number of carbonyl (C=O) groups is 1. The van der Waals surface area contributed by atoms with Crippen LogP contribution in [0.25, 0.3) is 10.9 Å². The van der Waals surface area contributed by atoms with E-state index in [1.807, 2.05) is 19.1 Å². The lowest BCUT2D eigenvalue weighted by Crippen LogP contribution is -2.47. The minimum atomic E-state index is -0.454. The summed E-state index contributed by atoms with van der Waals surface area (Å²) in [5.74, 6) is -0.906. The Balaban J connectivity index is 1.24. The Labute approximate surface area is 184 Å². The number of rotatable bonds is 4. The molecule has 0 atom stereocenters. The van der Waals surface area contributed by atoms with E-state index in [4.69, 9.17) is 4.74 Å². The van der Waals surface area contributed by atoms with E-state index in [-0.39, 0.29) is 24.1 Å². The molecule has 1 amide bonds. The van der Waals surface area contributed by atoms with Crippen LogP contribution in [0.15, 0.2) is 36.4 Å². The van der Waals surface area contributed by atoms with Crippen molar-refractivity contribution in [2.45, 2.75) is 13.3 Å². The van der Waals surface area contributed by atoms with E-state index >= 15 is 0 Å². The summed E-state index contributed by atoms with van der Waals surface area (Å²) in [6.07, 6.45) is 0.659. The standard InChI is InChI=1S/C24H24F2N4O2/c1-15-2-3-18-20(27-15)12-17(25)13-22(18)30-8-6-29(7-9-30)5-4-16-10-19(26)24-21(11-16)28-23(31)14-32-24/h2-3,10-13H,4-9,14H2,1H3,(H,28,31). The van der Waals surface area contributed by atoms with Gasteiger partial charge in [0.15, 0.2) is 18.2 Å². The fourth-order valence-corrected chi connectivity index (χ4v) is 4.40. The predicted molar refractivity (Wildman–Crippen MR) is 119 cm³/mol. The number of anilines is 2. The predicted octanol–water partition coefficient (Wildman–Crippen LogP) is 3.52. The smallest absolute Gasteiger partial charge is 0.262 e. The zero-order valence-electron chi connectivity index (χ0n) is 17.8. The van der Waals surface area contributed by atoms with Crippen LogP contribution in [-0.4, -0.2) is 55.1 Å². The van der Waals surface area contributed by atoms with E-state index in [1.165, 1.54) is 12.1 Å². The first-order chi connectivity index (χ1) is 15.5. The fraction of sp³-hybridized carbons (Fsp3) is 0.333. The van der Waals surface area contributed by atoms with Gasteiger partial charge < -0.3 is 15.0 Å². The first kappa shape index (κ1) is 20.6. The first-order valence-corrected chi connectivity index (χ1v) is 10.8. The van der Waals surface area contributed by atoms with Crippen LogP contribution in [-0.2, 0) is 11.2 Å². The Morgan fingerprint density at radius 2 is 1.91 bits per heavy atom. The lowest BCUT2D eigenvalue weighted by Gasteiger charge is -2.36. The molecular weight excluding hydrogens is 414 g/mol. The van der Waals surface area contributed by atoms with Crippen molar-refractivity contribution < 1.29 is 18.3 Å². The summed E-state index contributed by atoms with van der Waals surface area (Å²) in [6.45, 7) is 5.70. The summed E-state index contributed by atoms with van der Waals surface area (Å²) in [4.78, 5) is 20.5. The molecule has 2 aliphatic heterocycles. The molecule has 166 valence electrons. The third kappa shape index (κ3) is 4.10. The van der Waals surface area contributed by atoms with Gasteiger partial charge in [0.1, 0.15) is 5.82 Å². The molecule has 1 fully saturated rings. The molecule has 5 rings (SSSR count). The van der Waals surface area contributed by atoms with Gasteiger partial charge in [0, 0.05) is 55.6 Å². The molecule has 0 spiro atoms. The van der Waals surface area contributed by atoms with Crippen LogP contribution in [0.4, 0.5) is 20.2 Å². The zero-order chi connectivity index (χ0) is 22.2. The number of aryl methyl sites for hydroxylation is 1. The topological polar surface area (TPSA) is 57.7 Å². The number of benzene rings is 2. The molecule has 3 heterocycles. The van der Waals surface area contributed by atoms with Gasteiger partial charge in [-0.05, 0) is 49.2 Å². The third-order valence-corrected chi connectivity index (χ3v) is 6.04. The largest absolute Gasteiger partial charge is 0.478 e. The Kier molecular flexibility index (Phi) is 5.38. The van der Waals surface area contributed by atoms with Crippen LogP contribution in [0, 0.1) is 18.6 Å². The lowest BCUT2D eigenvalue weighted by atomic mass is 10.1. The Morgan fingerprint density at radius 1 is 1.09 bits per heavy atom. The number of hydrogen-bond acceptors (Lipinski definition) is 5. The molecule has 2 aromatic carbocycles. The number of piperazine rings is 1. The Morgan fingerprint density at radius 3 is 2.72 bits per heavy atom. The van der Waals surface area contributed by atoms with Gasteiger partial charge in [-0.2, -0.15) is 0 Å². The molecule has 0 aliphatic carbocycles. The van der Waals surface area contributed by atoms with Gasteiger partial charge in [0.25, 0.3) is 5.91 Å². The van der Waals surface area contributed by atoms with Crippen molar-refractivity contribution in [3.63, 3.8) is 0 Å². The normalized spacial score (nSPS) is 16.6. The molecule has 0 saturated carbocycles. The molecule has 1 N–H and O–H groups in total. The summed E-state index contributed by atoms with van der Waals surface area (Å²) in [6, 6.07) is 10.3. The monoisotopic (exact) mass is 438 g/mol. The Bertz CT molecular complexity index is 1190. The molecule has 32 heavy (non-hydrogen) atoms. The van der Waals surface area contributed by atoms with Crippen molar-refractivity contribution in [2.75, 3.05) is 49.5 Å². The van der Waals surface area contributed by atoms with E-state index < -0.39 is 5.82 Å². The highest BCUT2D eigenvalue weighted by atomic mass is 19.1. The maximum Gasteiger partial charge on any atom is 0.262 e. The van der Waals surface area contributed by atoms with Crippen LogP contribution >= 0.6 is 0 Å². The lowest BCUT2D eigenvalue weighted by molar-refractivity contribution is -0.118. The Hall–Kier alpha value is -3.26. The molecule has 0 bridgehead atoms. The minimum Gasteiger partial charge on any atom is -0.478 e. The molecule has 1 aromatic heterocycles. The number of amides is 1. The molecule has 3 aromatic rings. The summed E-state index contributed by atoms with van der Waals surface area (Å²) in [5, 5.41) is 3.62. The first-order valence-electron chi connectivity index (χ1n) is 10.8. The van der Waals surface area contributed by atoms with Gasteiger partial charge in [0.05, 0.1) is 11.2 Å². The molecule has 8 heteroatoms. The van der Waals surface area contributed by atoms with Gasteiger partial charge in [-0.25, -0.2) is 8.78 Å². The second kappa shape index (κ2) is 8.35. The van der Waals surface area contributed by atoms with Gasteiger partial charge in [-0.3, -0.25) is 14.7 Å². The third-order valence-electron chi connectivity index (χ3n) is 6.04. The van der Waals surface area contributed by atoms with Crippen LogP contribution in [0.2, 0.25) is 0 Å². The molecule has 0 unspecified atom stereocenters. The van der Waals surface area contributed by atoms with Crippen LogP contribution in [0.1, 0.15) is 11.3 Å². The van der Waals surface area contributed by atoms with E-state index in [2.05, 4.69) is 20.1 Å². The molecule has 1 saturated heterocycles. The van der Waals surface area contributed by atoms with Gasteiger partial charge in [0.2, 0.25) is 0 Å². The van der Waals surface area contributed by atoms with Crippen LogP contribution < -0.4 is 15.0 Å². The summed E-state index contributed by atoms with van der Waals surface area (Å²) < 4.78 is 33.7. The van der Waals surface area contributed by atoms with E-state index in [0.717, 1.165) is 55.1 Å².